The Hall–Kier alpha value is -2.66. The van der Waals surface area contributed by atoms with E-state index in [0.717, 1.165) is 0 Å². The van der Waals surface area contributed by atoms with Gasteiger partial charge in [-0.05, 0) is 42.5 Å². The number of benzene rings is 2. The molecule has 5 nitrogen and oxygen atoms in total. The van der Waals surface area contributed by atoms with Crippen LogP contribution in [-0.4, -0.2) is 33.7 Å². The maximum Gasteiger partial charge on any atom is 0.329 e. The van der Waals surface area contributed by atoms with Crippen molar-refractivity contribution >= 4 is 11.9 Å². The third-order valence-electron chi connectivity index (χ3n) is 4.88. The van der Waals surface area contributed by atoms with Crippen molar-refractivity contribution in [2.24, 2.45) is 0 Å². The first kappa shape index (κ1) is 21.6. The van der Waals surface area contributed by atoms with Gasteiger partial charge in [-0.15, -0.1) is 0 Å². The first-order valence-corrected chi connectivity index (χ1v) is 9.72. The highest BCUT2D eigenvalue weighted by atomic mass is 16.4. The van der Waals surface area contributed by atoms with E-state index < -0.39 is 17.6 Å². The van der Waals surface area contributed by atoms with Gasteiger partial charge in [-0.3, -0.25) is 4.79 Å². The van der Waals surface area contributed by atoms with Crippen molar-refractivity contribution in [3.05, 3.63) is 59.7 Å². The van der Waals surface area contributed by atoms with Crippen molar-refractivity contribution in [2.75, 3.05) is 0 Å². The molecule has 0 saturated carbocycles. The van der Waals surface area contributed by atoms with Gasteiger partial charge in [0, 0.05) is 12.3 Å². The Labute approximate surface area is 166 Å². The fourth-order valence-corrected chi connectivity index (χ4v) is 3.62. The number of hydrogen-bond acceptors (Lipinski definition) is 3. The lowest BCUT2D eigenvalue weighted by Crippen LogP contribution is -2.54. The zero-order valence-corrected chi connectivity index (χ0v) is 16.9. The van der Waals surface area contributed by atoms with Gasteiger partial charge in [-0.1, -0.05) is 62.4 Å². The molecule has 1 aliphatic carbocycles. The lowest BCUT2D eigenvalue weighted by Gasteiger charge is -2.26. The number of carboxylic acid groups (broad SMARTS) is 1. The van der Waals surface area contributed by atoms with Crippen LogP contribution in [0.2, 0.25) is 0 Å². The molecule has 150 valence electrons. The highest BCUT2D eigenvalue weighted by Gasteiger charge is 2.35. The molecule has 1 atom stereocenters. The number of carboxylic acids is 1. The van der Waals surface area contributed by atoms with E-state index in [1.54, 1.807) is 0 Å². The summed E-state index contributed by atoms with van der Waals surface area (Å²) in [6.07, 6.45) is 0.769. The van der Waals surface area contributed by atoms with Gasteiger partial charge in [-0.2, -0.15) is 0 Å². The molecule has 0 saturated heterocycles. The Bertz CT molecular complexity index is 793. The number of hydrogen-bond donors (Lipinski definition) is 3. The van der Waals surface area contributed by atoms with Crippen molar-refractivity contribution in [3.8, 4) is 11.1 Å². The largest absolute Gasteiger partial charge is 0.480 e. The van der Waals surface area contributed by atoms with Crippen molar-refractivity contribution in [1.29, 1.82) is 0 Å². The Morgan fingerprint density at radius 3 is 1.89 bits per heavy atom. The Morgan fingerprint density at radius 2 is 1.46 bits per heavy atom. The van der Waals surface area contributed by atoms with E-state index in [2.05, 4.69) is 29.6 Å². The Kier molecular flexibility index (Phi) is 6.97. The summed E-state index contributed by atoms with van der Waals surface area (Å²) in [5.74, 6) is -1.51. The van der Waals surface area contributed by atoms with Gasteiger partial charge < -0.3 is 15.5 Å². The Morgan fingerprint density at radius 1 is 1.00 bits per heavy atom. The van der Waals surface area contributed by atoms with Crippen LogP contribution in [-0.2, 0) is 9.59 Å². The van der Waals surface area contributed by atoms with Crippen LogP contribution in [0.1, 0.15) is 57.6 Å². The molecule has 28 heavy (non-hydrogen) atoms. The summed E-state index contributed by atoms with van der Waals surface area (Å²) in [4.78, 5) is 23.6. The lowest BCUT2D eigenvalue weighted by atomic mass is 9.92. The average molecular weight is 383 g/mol. The highest BCUT2D eigenvalue weighted by molar-refractivity contribution is 5.85. The summed E-state index contributed by atoms with van der Waals surface area (Å²) in [5.41, 5.74) is 3.23. The molecule has 3 N–H and O–H groups in total. The van der Waals surface area contributed by atoms with Crippen LogP contribution in [0.15, 0.2) is 48.5 Å². The average Bonchev–Trinajstić information content (AvgIpc) is 2.99. The molecule has 0 bridgehead atoms. The molecule has 5 heteroatoms. The SMILES string of the molecule is CC.CC(C)(O)C(NC(=O)CCC1c2ccccc2-c2ccccc21)C(=O)O. The maximum absolute atomic E-state index is 12.3. The molecular weight excluding hydrogens is 354 g/mol. The van der Waals surface area contributed by atoms with Gasteiger partial charge >= 0.3 is 5.97 Å². The lowest BCUT2D eigenvalue weighted by molar-refractivity contribution is -0.148. The van der Waals surface area contributed by atoms with Gasteiger partial charge in [0.25, 0.3) is 0 Å². The second-order valence-electron chi connectivity index (χ2n) is 7.26. The van der Waals surface area contributed by atoms with Crippen molar-refractivity contribution < 1.29 is 19.8 Å². The summed E-state index contributed by atoms with van der Waals surface area (Å²) in [7, 11) is 0. The summed E-state index contributed by atoms with van der Waals surface area (Å²) in [6, 6.07) is 15.0. The molecule has 1 unspecified atom stereocenters. The number of rotatable bonds is 6. The van der Waals surface area contributed by atoms with Crippen LogP contribution >= 0.6 is 0 Å². The smallest absolute Gasteiger partial charge is 0.329 e. The monoisotopic (exact) mass is 383 g/mol. The van der Waals surface area contributed by atoms with Crippen LogP contribution in [0.5, 0.6) is 0 Å². The number of amides is 1. The van der Waals surface area contributed by atoms with Crippen LogP contribution in [0.3, 0.4) is 0 Å². The summed E-state index contributed by atoms with van der Waals surface area (Å²) < 4.78 is 0. The van der Waals surface area contributed by atoms with Crippen molar-refractivity contribution in [3.63, 3.8) is 0 Å². The number of carbonyl (C=O) groups excluding carboxylic acids is 1. The first-order chi connectivity index (χ1) is 13.3. The fourth-order valence-electron chi connectivity index (χ4n) is 3.62. The highest BCUT2D eigenvalue weighted by Crippen LogP contribution is 2.46. The van der Waals surface area contributed by atoms with E-state index in [4.69, 9.17) is 0 Å². The maximum atomic E-state index is 12.3. The van der Waals surface area contributed by atoms with Crippen LogP contribution < -0.4 is 5.32 Å². The predicted octanol–water partition coefficient (Wildman–Crippen LogP) is 3.95. The summed E-state index contributed by atoms with van der Waals surface area (Å²) in [5, 5.41) is 21.6. The van der Waals surface area contributed by atoms with Gasteiger partial charge in [0.1, 0.15) is 0 Å². The third kappa shape index (κ3) is 4.60. The molecule has 2 aromatic rings. The molecule has 3 rings (SSSR count). The molecular formula is C23H29NO4. The second kappa shape index (κ2) is 9.02. The van der Waals surface area contributed by atoms with Gasteiger partial charge in [0.2, 0.25) is 5.91 Å². The van der Waals surface area contributed by atoms with Gasteiger partial charge in [0.15, 0.2) is 6.04 Å². The molecule has 0 spiro atoms. The minimum atomic E-state index is -1.53. The van der Waals surface area contributed by atoms with E-state index in [-0.39, 0.29) is 18.2 Å². The number of carbonyl (C=O) groups is 2. The standard InChI is InChI=1S/C21H23NO4.C2H6/c1-21(2,26)19(20(24)25)22-18(23)12-11-17-15-9-5-3-7-13(15)14-8-4-6-10-16(14)17;1-2/h3-10,17,19,26H,11-12H2,1-2H3,(H,22,23)(H,24,25);1-2H3. The molecule has 0 radical (unpaired) electrons. The zero-order chi connectivity index (χ0) is 20.9. The van der Waals surface area contributed by atoms with E-state index in [1.165, 1.54) is 36.1 Å². The summed E-state index contributed by atoms with van der Waals surface area (Å²) >= 11 is 0. The molecule has 0 fully saturated rings. The molecule has 0 aromatic heterocycles. The summed E-state index contributed by atoms with van der Waals surface area (Å²) in [6.45, 7) is 6.74. The van der Waals surface area contributed by atoms with Crippen molar-refractivity contribution in [2.45, 2.75) is 58.1 Å². The predicted molar refractivity (Wildman–Crippen MR) is 110 cm³/mol. The molecule has 0 aliphatic heterocycles. The number of nitrogens with one attached hydrogen (secondary N) is 1. The third-order valence-corrected chi connectivity index (χ3v) is 4.88. The zero-order valence-electron chi connectivity index (χ0n) is 16.9. The van der Waals surface area contributed by atoms with Crippen LogP contribution in [0, 0.1) is 0 Å². The number of aliphatic hydroxyl groups is 1. The molecule has 1 aliphatic rings. The number of aliphatic carboxylic acids is 1. The normalized spacial score (nSPS) is 13.6. The van der Waals surface area contributed by atoms with Crippen molar-refractivity contribution in [1.82, 2.24) is 5.32 Å². The number of fused-ring (bicyclic) bond motifs is 3. The molecule has 2 aromatic carbocycles. The quantitative estimate of drug-likeness (QED) is 0.705. The van der Waals surface area contributed by atoms with Crippen LogP contribution in [0.4, 0.5) is 0 Å². The molecule has 0 heterocycles. The second-order valence-corrected chi connectivity index (χ2v) is 7.26. The van der Waals surface area contributed by atoms with E-state index in [1.807, 2.05) is 38.1 Å². The van der Waals surface area contributed by atoms with Gasteiger partial charge in [-0.25, -0.2) is 4.79 Å². The molecule has 1 amide bonds. The minimum absolute atomic E-state index is 0.110. The van der Waals surface area contributed by atoms with E-state index >= 15 is 0 Å². The van der Waals surface area contributed by atoms with Crippen LogP contribution in [0.25, 0.3) is 11.1 Å². The Balaban J connectivity index is 0.00000136. The van der Waals surface area contributed by atoms with E-state index in [9.17, 15) is 19.8 Å². The minimum Gasteiger partial charge on any atom is -0.480 e. The van der Waals surface area contributed by atoms with E-state index in [0.29, 0.717) is 6.42 Å². The fraction of sp³-hybridized carbons (Fsp3) is 0.391. The first-order valence-electron chi connectivity index (χ1n) is 9.72. The van der Waals surface area contributed by atoms with Gasteiger partial charge in [0.05, 0.1) is 5.60 Å². The topological polar surface area (TPSA) is 86.6 Å².